The summed E-state index contributed by atoms with van der Waals surface area (Å²) in [5, 5.41) is 0. The first kappa shape index (κ1) is 64.1. The highest BCUT2D eigenvalue weighted by atomic mass is 16.5. The van der Waals surface area contributed by atoms with Gasteiger partial charge in [0, 0.05) is 85.4 Å². The van der Waals surface area contributed by atoms with Gasteiger partial charge in [-0.25, -0.2) is 0 Å². The van der Waals surface area contributed by atoms with E-state index in [1.807, 2.05) is 0 Å². The van der Waals surface area contributed by atoms with Crippen LogP contribution in [0.2, 0.25) is 0 Å². The van der Waals surface area contributed by atoms with E-state index in [9.17, 15) is 0 Å². The monoisotopic (exact) mass is 1400 g/mol. The Morgan fingerprint density at radius 2 is 0.491 bits per heavy atom. The molecule has 17 aromatic carbocycles. The van der Waals surface area contributed by atoms with Crippen molar-refractivity contribution in [1.82, 2.24) is 0 Å². The molecule has 110 heavy (non-hydrogen) atoms. The molecule has 0 unspecified atom stereocenters. The molecule has 0 aliphatic carbocycles. The second-order valence-electron chi connectivity index (χ2n) is 28.6. The van der Waals surface area contributed by atoms with E-state index in [4.69, 9.17) is 4.74 Å². The number of ether oxygens (including phenoxy) is 1. The lowest BCUT2D eigenvalue weighted by atomic mass is 9.30. The zero-order valence-corrected chi connectivity index (χ0v) is 60.1. The molecule has 17 aromatic rings. The smallest absolute Gasteiger partial charge is 0.256 e. The van der Waals surface area contributed by atoms with Crippen molar-refractivity contribution in [2.45, 2.75) is 0 Å². The number of rotatable bonds is 14. The predicted molar refractivity (Wildman–Crippen MR) is 463 cm³/mol. The van der Waals surface area contributed by atoms with Gasteiger partial charge in [-0.05, 0) is 146 Å². The first-order valence-electron chi connectivity index (χ1n) is 37.9. The molecule has 0 radical (unpaired) electrons. The molecule has 0 saturated heterocycles. The van der Waals surface area contributed by atoms with Crippen LogP contribution in [0.4, 0.5) is 85.3 Å². The van der Waals surface area contributed by atoms with Crippen LogP contribution >= 0.6 is 0 Å². The van der Waals surface area contributed by atoms with Gasteiger partial charge in [-0.3, -0.25) is 0 Å². The quantitative estimate of drug-likeness (QED) is 0.101. The average Bonchev–Trinajstić information content (AvgIpc) is 0.686. The van der Waals surface area contributed by atoms with Crippen molar-refractivity contribution in [2.24, 2.45) is 0 Å². The normalized spacial score (nSPS) is 12.5. The Kier molecular flexibility index (Phi) is 15.7. The molecule has 0 aromatic heterocycles. The summed E-state index contributed by atoms with van der Waals surface area (Å²) in [5.41, 5.74) is 33.9. The molecule has 0 amide bonds. The molecule has 4 heterocycles. The summed E-state index contributed by atoms with van der Waals surface area (Å²) in [4.78, 5) is 12.6. The van der Waals surface area contributed by atoms with Crippen molar-refractivity contribution in [3.8, 4) is 67.1 Å². The van der Waals surface area contributed by atoms with E-state index in [2.05, 4.69) is 443 Å². The van der Waals surface area contributed by atoms with E-state index >= 15 is 0 Å². The fraction of sp³-hybridized carbons (Fsp3) is 0. The average molecular weight is 1400 g/mol. The summed E-state index contributed by atoms with van der Waals surface area (Å²) in [5.74, 6) is 1.58. The molecular weight excluding hydrogens is 1330 g/mol. The van der Waals surface area contributed by atoms with Crippen molar-refractivity contribution in [3.63, 3.8) is 0 Å². The van der Waals surface area contributed by atoms with Gasteiger partial charge < -0.3 is 29.2 Å². The Morgan fingerprint density at radius 3 is 0.900 bits per heavy atom. The zero-order chi connectivity index (χ0) is 72.6. The molecule has 0 fully saturated rings. The largest absolute Gasteiger partial charge is 0.458 e. The SMILES string of the molecule is c1ccc(-c2ccccc2N(c2ccccc2)c2cc3c4c(c2)N(c2ccccc2-c2ccccc2)c2ccccc2B4c2cc4c(cc2O3)N(c2ccccc2-c2ccccc2)c2cc(N(c3ccccc3)c3ccccc3-c3ccccc3)cc3c2B4c2ccccc2N3c2ccccc2-c2ccccc2)cc1. The molecule has 21 rings (SSSR count). The standard InChI is InChI=1S/C102H69B2N5O/c1-8-36-70(37-9-1)79-50-22-29-57-88(79)105(75-46-18-6-19-47-75)77-64-96-101-97(65-77)109(92-61-33-26-54-83(92)74-44-16-5-17-45-74)95-69-99-87(68-86(95)103(101)84-55-27-34-62-93(84)107(96)90-59-31-24-52-81(90)72-40-12-3-13-41-72)104-85-56-28-35-63-94(85)108(91-60-32-25-53-82(91)73-42-14-4-15-43-73)98-66-78(67-100(110-99)102(98)104)106(76-48-20-7-21-49-76)89-58-30-23-51-80(89)71-38-10-2-11-39-71/h1-69H. The van der Waals surface area contributed by atoms with Crippen LogP contribution in [0.5, 0.6) is 11.5 Å². The maximum absolute atomic E-state index is 8.11. The van der Waals surface area contributed by atoms with Crippen LogP contribution in [-0.4, -0.2) is 13.4 Å². The maximum Gasteiger partial charge on any atom is 0.256 e. The Balaban J connectivity index is 0.869. The third kappa shape index (κ3) is 10.7. The Bertz CT molecular complexity index is 6370. The van der Waals surface area contributed by atoms with Crippen LogP contribution in [0.3, 0.4) is 0 Å². The van der Waals surface area contributed by atoms with Crippen LogP contribution in [0.25, 0.3) is 55.6 Å². The highest BCUT2D eigenvalue weighted by Gasteiger charge is 2.49. The summed E-state index contributed by atoms with van der Waals surface area (Å²) < 4.78 is 8.11. The molecule has 514 valence electrons. The summed E-state index contributed by atoms with van der Waals surface area (Å²) in [6.07, 6.45) is 0. The molecule has 0 atom stereocenters. The van der Waals surface area contributed by atoms with Gasteiger partial charge in [0.25, 0.3) is 13.4 Å². The van der Waals surface area contributed by atoms with Gasteiger partial charge in [0.05, 0.1) is 39.8 Å². The first-order chi connectivity index (χ1) is 54.6. The fourth-order valence-corrected chi connectivity index (χ4v) is 17.8. The summed E-state index contributed by atoms with van der Waals surface area (Å²) in [6.45, 7) is -0.570. The Morgan fingerprint density at radius 1 is 0.191 bits per heavy atom. The van der Waals surface area contributed by atoms with Crippen LogP contribution in [-0.2, 0) is 0 Å². The number of benzene rings is 17. The summed E-state index contributed by atoms with van der Waals surface area (Å²) in [7, 11) is 0. The van der Waals surface area contributed by atoms with Crippen molar-refractivity contribution in [3.05, 3.63) is 419 Å². The molecule has 4 aliphatic heterocycles. The minimum absolute atomic E-state index is 0.284. The number of fused-ring (bicyclic) bond motifs is 8. The van der Waals surface area contributed by atoms with E-state index in [0.717, 1.165) is 163 Å². The van der Waals surface area contributed by atoms with Gasteiger partial charge in [0.15, 0.2) is 0 Å². The lowest BCUT2D eigenvalue weighted by molar-refractivity contribution is 0.488. The van der Waals surface area contributed by atoms with Crippen molar-refractivity contribution < 1.29 is 4.74 Å². The number of anilines is 15. The van der Waals surface area contributed by atoms with E-state index in [1.54, 1.807) is 0 Å². The number of nitrogens with zero attached hydrogens (tertiary/aromatic N) is 5. The van der Waals surface area contributed by atoms with E-state index in [1.165, 1.54) is 21.9 Å². The first-order valence-corrected chi connectivity index (χ1v) is 37.9. The molecule has 0 N–H and O–H groups in total. The van der Waals surface area contributed by atoms with Crippen LogP contribution in [0.15, 0.2) is 419 Å². The van der Waals surface area contributed by atoms with Gasteiger partial charge >= 0.3 is 0 Å². The zero-order valence-electron chi connectivity index (χ0n) is 60.1. The lowest BCUT2D eigenvalue weighted by Gasteiger charge is -2.46. The van der Waals surface area contributed by atoms with Gasteiger partial charge in [-0.1, -0.05) is 322 Å². The number of para-hydroxylation sites is 9. The van der Waals surface area contributed by atoms with Crippen molar-refractivity contribution >= 4 is 132 Å². The van der Waals surface area contributed by atoms with Crippen LogP contribution in [0.1, 0.15) is 0 Å². The van der Waals surface area contributed by atoms with Crippen molar-refractivity contribution in [1.29, 1.82) is 0 Å². The van der Waals surface area contributed by atoms with E-state index in [0.29, 0.717) is 0 Å². The third-order valence-electron chi connectivity index (χ3n) is 22.4. The summed E-state index contributed by atoms with van der Waals surface area (Å²) >= 11 is 0. The maximum atomic E-state index is 8.11. The Labute approximate surface area is 642 Å². The molecule has 4 aliphatic rings. The van der Waals surface area contributed by atoms with Gasteiger partial charge in [-0.2, -0.15) is 0 Å². The number of hydrogen-bond acceptors (Lipinski definition) is 6. The third-order valence-corrected chi connectivity index (χ3v) is 22.4. The van der Waals surface area contributed by atoms with E-state index in [-0.39, 0.29) is 13.4 Å². The molecule has 0 saturated carbocycles. The van der Waals surface area contributed by atoms with Crippen LogP contribution in [0, 0.1) is 0 Å². The topological polar surface area (TPSA) is 25.4 Å². The van der Waals surface area contributed by atoms with Gasteiger partial charge in [0.1, 0.15) is 11.5 Å². The molecule has 0 bridgehead atoms. The highest BCUT2D eigenvalue weighted by Crippen LogP contribution is 2.55. The predicted octanol–water partition coefficient (Wildman–Crippen LogP) is 23.4. The highest BCUT2D eigenvalue weighted by molar-refractivity contribution is 7.02. The summed E-state index contributed by atoms with van der Waals surface area (Å²) in [6, 6.07) is 154. The van der Waals surface area contributed by atoms with Gasteiger partial charge in [0.2, 0.25) is 0 Å². The minimum Gasteiger partial charge on any atom is -0.458 e. The fourth-order valence-electron chi connectivity index (χ4n) is 17.8. The Hall–Kier alpha value is -14.3. The van der Waals surface area contributed by atoms with E-state index < -0.39 is 0 Å². The van der Waals surface area contributed by atoms with Crippen LogP contribution < -0.4 is 62.0 Å². The molecule has 0 spiro atoms. The minimum atomic E-state index is -0.285. The second kappa shape index (κ2) is 26.9. The second-order valence-corrected chi connectivity index (χ2v) is 28.6. The van der Waals surface area contributed by atoms with Crippen molar-refractivity contribution in [2.75, 3.05) is 24.5 Å². The number of hydrogen-bond donors (Lipinski definition) is 0. The molecular formula is C102H69B2N5O. The molecule has 8 heteroatoms. The van der Waals surface area contributed by atoms with Gasteiger partial charge in [-0.15, -0.1) is 0 Å². The lowest BCUT2D eigenvalue weighted by Crippen LogP contribution is -2.64. The molecule has 6 nitrogen and oxygen atoms in total.